The third-order valence-electron chi connectivity index (χ3n) is 13.1. The van der Waals surface area contributed by atoms with Gasteiger partial charge in [0.1, 0.15) is 42.2 Å². The predicted octanol–water partition coefficient (Wildman–Crippen LogP) is 7.52. The van der Waals surface area contributed by atoms with Crippen molar-refractivity contribution in [2.24, 2.45) is 10.4 Å². The van der Waals surface area contributed by atoms with E-state index in [1.54, 1.807) is 22.7 Å². The van der Waals surface area contributed by atoms with Gasteiger partial charge >= 0.3 is 0 Å². The van der Waals surface area contributed by atoms with Crippen molar-refractivity contribution in [3.05, 3.63) is 139 Å². The second kappa shape index (κ2) is 24.4. The van der Waals surface area contributed by atoms with Crippen LogP contribution < -0.4 is 16.0 Å². The Hall–Kier alpha value is -6.59. The lowest BCUT2D eigenvalue weighted by Crippen LogP contribution is -2.58. The summed E-state index contributed by atoms with van der Waals surface area (Å²) in [5, 5.41) is 29.9. The fourth-order valence-corrected chi connectivity index (χ4v) is 11.1. The normalized spacial score (nSPS) is 16.5. The van der Waals surface area contributed by atoms with Crippen LogP contribution in [-0.2, 0) is 41.7 Å². The molecule has 4 N–H and O–H groups in total. The molecule has 2 aliphatic rings. The van der Waals surface area contributed by atoms with E-state index in [9.17, 15) is 24.3 Å². The molecule has 0 aliphatic carbocycles. The van der Waals surface area contributed by atoms with Crippen LogP contribution in [0.2, 0.25) is 5.02 Å². The number of ether oxygens (including phenoxy) is 2. The van der Waals surface area contributed by atoms with Gasteiger partial charge in [0.15, 0.2) is 5.82 Å². The van der Waals surface area contributed by atoms with Crippen molar-refractivity contribution < 1.29 is 33.8 Å². The van der Waals surface area contributed by atoms with Crippen LogP contribution in [0, 0.1) is 45.0 Å². The van der Waals surface area contributed by atoms with Gasteiger partial charge in [0.05, 0.1) is 40.9 Å². The standard InChI is InChI=1S/C56H62ClN9O7S2/c1-33-35(3)75-55-48(33)49(40-19-21-42(57)22-20-40)61-44(52-64-63-36(4)66(52)55)27-46(68)58-28-38-13-11-37(12-14-38)10-8-23-72-24-9-25-73-31-47(69)62-51(56(5,6)7)54(71)65-30-43(67)26-45(65)53(70)59-29-39-15-17-41(18-16-39)50-34(2)60-32-74-50/h11-22,32,43-45,51,67H,9,23-31H2,1-7H3,(H,58,68)(H,59,70)(H,62,69)/t43-,44+,45+,51?/m1/s1. The highest BCUT2D eigenvalue weighted by molar-refractivity contribution is 7.15. The van der Waals surface area contributed by atoms with E-state index >= 15 is 0 Å². The summed E-state index contributed by atoms with van der Waals surface area (Å²) in [7, 11) is 0. The maximum absolute atomic E-state index is 14.0. The number of rotatable bonds is 18. The summed E-state index contributed by atoms with van der Waals surface area (Å²) < 4.78 is 13.3. The topological polar surface area (TPSA) is 202 Å². The van der Waals surface area contributed by atoms with Gasteiger partial charge in [-0.2, -0.15) is 0 Å². The van der Waals surface area contributed by atoms with Gasteiger partial charge in [0, 0.05) is 59.3 Å². The highest BCUT2D eigenvalue weighted by Crippen LogP contribution is 2.40. The number of fused-ring (bicyclic) bond motifs is 3. The zero-order valence-corrected chi connectivity index (χ0v) is 45.5. The Morgan fingerprint density at radius 3 is 2.25 bits per heavy atom. The van der Waals surface area contributed by atoms with Crippen molar-refractivity contribution in [1.29, 1.82) is 0 Å². The third-order valence-corrected chi connectivity index (χ3v) is 15.5. The number of thiophene rings is 1. The average Bonchev–Trinajstić information content (AvgIpc) is 4.16. The number of benzene rings is 3. The first-order valence-corrected chi connectivity index (χ1v) is 26.9. The van der Waals surface area contributed by atoms with E-state index in [-0.39, 0.29) is 57.6 Å². The summed E-state index contributed by atoms with van der Waals surface area (Å²) in [6.07, 6.45) is -0.189. The van der Waals surface area contributed by atoms with E-state index in [1.807, 2.05) is 117 Å². The molecule has 75 heavy (non-hydrogen) atoms. The Labute approximate surface area is 450 Å². The van der Waals surface area contributed by atoms with Gasteiger partial charge in [-0.25, -0.2) is 4.98 Å². The molecule has 1 unspecified atom stereocenters. The number of nitrogens with zero attached hydrogens (tertiary/aromatic N) is 6. The maximum Gasteiger partial charge on any atom is 0.246 e. The molecule has 19 heteroatoms. The van der Waals surface area contributed by atoms with Gasteiger partial charge < -0.3 is 35.4 Å². The first-order valence-electron chi connectivity index (χ1n) is 24.9. The Morgan fingerprint density at radius 2 is 1.56 bits per heavy atom. The summed E-state index contributed by atoms with van der Waals surface area (Å²) in [6.45, 7) is 14.6. The van der Waals surface area contributed by atoms with Crippen LogP contribution in [0.15, 0.2) is 83.3 Å². The first kappa shape index (κ1) is 54.7. The van der Waals surface area contributed by atoms with Crippen molar-refractivity contribution in [3.8, 4) is 27.3 Å². The molecule has 4 atom stereocenters. The Morgan fingerprint density at radius 1 is 0.880 bits per heavy atom. The molecule has 0 spiro atoms. The number of aryl methyl sites for hydroxylation is 3. The Balaban J connectivity index is 0.742. The lowest BCUT2D eigenvalue weighted by molar-refractivity contribution is -0.144. The van der Waals surface area contributed by atoms with Crippen molar-refractivity contribution in [3.63, 3.8) is 0 Å². The SMILES string of the molecule is Cc1ncsc1-c1ccc(CNC(=O)[C@@H]2C[C@@H](O)CN2C(=O)C(NC(=O)COCCCOCC#Cc2ccc(CNC(=O)C[C@@H]3N=C(c4ccc(Cl)cc4)c4c(sc(C)c4C)-n4c(C)nnc43)cc2)C(C)(C)C)cc1. The molecule has 3 aromatic carbocycles. The van der Waals surface area contributed by atoms with E-state index in [0.717, 1.165) is 66.1 Å². The summed E-state index contributed by atoms with van der Waals surface area (Å²) in [6, 6.07) is 20.7. The van der Waals surface area contributed by atoms with Crippen molar-refractivity contribution >= 4 is 63.6 Å². The molecule has 5 heterocycles. The zero-order chi connectivity index (χ0) is 53.4. The van der Waals surface area contributed by atoms with Crippen molar-refractivity contribution in [2.75, 3.05) is 33.0 Å². The Kier molecular flexibility index (Phi) is 17.8. The number of β-amino-alcohol motifs (C(OH)–C–C–N with tert-alkyl or cyclic N) is 1. The van der Waals surface area contributed by atoms with Crippen LogP contribution >= 0.6 is 34.3 Å². The number of nitrogens with one attached hydrogen (secondary N) is 3. The van der Waals surface area contributed by atoms with Crippen molar-refractivity contribution in [2.45, 2.75) is 105 Å². The molecule has 0 bridgehead atoms. The smallest absolute Gasteiger partial charge is 0.246 e. The number of halogens is 1. The second-order valence-corrected chi connectivity index (χ2v) is 22.3. The molecule has 1 saturated heterocycles. The second-order valence-electron chi connectivity index (χ2n) is 19.8. The Bertz CT molecular complexity index is 3110. The van der Waals surface area contributed by atoms with Gasteiger partial charge in [-0.15, -0.1) is 32.9 Å². The van der Waals surface area contributed by atoms with Gasteiger partial charge in [-0.1, -0.05) is 92.7 Å². The number of aliphatic hydroxyl groups is 1. The van der Waals surface area contributed by atoms with Crippen molar-refractivity contribution in [1.82, 2.24) is 40.6 Å². The largest absolute Gasteiger partial charge is 0.391 e. The number of hydrogen-bond donors (Lipinski definition) is 4. The first-order chi connectivity index (χ1) is 35.9. The lowest BCUT2D eigenvalue weighted by Gasteiger charge is -2.35. The highest BCUT2D eigenvalue weighted by atomic mass is 35.5. The monoisotopic (exact) mass is 1070 g/mol. The van der Waals surface area contributed by atoms with Gasteiger partial charge in [0.2, 0.25) is 23.6 Å². The minimum absolute atomic E-state index is 0.0202. The number of aliphatic hydroxyl groups excluding tert-OH is 1. The van der Waals surface area contributed by atoms with Crippen LogP contribution in [0.4, 0.5) is 0 Å². The molecule has 0 radical (unpaired) electrons. The van der Waals surface area contributed by atoms with Gasteiger partial charge in [-0.3, -0.25) is 28.7 Å². The molecule has 392 valence electrons. The molecule has 2 aliphatic heterocycles. The summed E-state index contributed by atoms with van der Waals surface area (Å²) in [4.78, 5) is 67.2. The third kappa shape index (κ3) is 13.5. The number of carbonyl (C=O) groups excluding carboxylic acids is 4. The molecule has 3 aromatic heterocycles. The quantitative estimate of drug-likeness (QED) is 0.0493. The zero-order valence-electron chi connectivity index (χ0n) is 43.2. The fraction of sp³-hybridized carbons (Fsp3) is 0.393. The number of aliphatic imine (C=N–C) groups is 1. The molecular weight excluding hydrogens is 1010 g/mol. The predicted molar refractivity (Wildman–Crippen MR) is 291 cm³/mol. The molecule has 0 saturated carbocycles. The number of thiazole rings is 1. The number of aromatic nitrogens is 4. The lowest BCUT2D eigenvalue weighted by atomic mass is 9.85. The fourth-order valence-electron chi connectivity index (χ4n) is 8.96. The summed E-state index contributed by atoms with van der Waals surface area (Å²) >= 11 is 9.49. The number of hydrogen-bond acceptors (Lipinski definition) is 13. The number of likely N-dealkylation sites (tertiary alicyclic amines) is 1. The van der Waals surface area contributed by atoms with Crippen LogP contribution in [0.3, 0.4) is 0 Å². The van der Waals surface area contributed by atoms with E-state index in [2.05, 4.69) is 56.8 Å². The van der Waals surface area contributed by atoms with E-state index in [4.69, 9.17) is 26.1 Å². The van der Waals surface area contributed by atoms with Crippen LogP contribution in [0.1, 0.15) is 102 Å². The minimum Gasteiger partial charge on any atom is -0.391 e. The molecule has 8 rings (SSSR count). The van der Waals surface area contributed by atoms with E-state index in [1.165, 1.54) is 9.78 Å². The number of carbonyl (C=O) groups is 4. The maximum atomic E-state index is 14.0. The highest BCUT2D eigenvalue weighted by Gasteiger charge is 2.44. The molecule has 16 nitrogen and oxygen atoms in total. The van der Waals surface area contributed by atoms with Crippen LogP contribution in [-0.4, -0.2) is 110 Å². The summed E-state index contributed by atoms with van der Waals surface area (Å²) in [5.74, 6) is 6.00. The molecular formula is C56H62ClN9O7S2. The number of amides is 4. The minimum atomic E-state index is -0.968. The van der Waals surface area contributed by atoms with E-state index in [0.29, 0.717) is 30.4 Å². The van der Waals surface area contributed by atoms with Gasteiger partial charge in [-0.05, 0) is 86.1 Å². The van der Waals surface area contributed by atoms with Gasteiger partial charge in [0.25, 0.3) is 0 Å². The average molecular weight is 1070 g/mol. The summed E-state index contributed by atoms with van der Waals surface area (Å²) in [5.41, 5.74) is 9.54. The van der Waals surface area contributed by atoms with Crippen LogP contribution in [0.5, 0.6) is 0 Å². The van der Waals surface area contributed by atoms with Crippen LogP contribution in [0.25, 0.3) is 15.4 Å². The van der Waals surface area contributed by atoms with E-state index < -0.39 is 41.5 Å². The molecule has 4 amide bonds. The molecule has 1 fully saturated rings. The molecule has 6 aromatic rings.